The van der Waals surface area contributed by atoms with Crippen LogP contribution in [-0.4, -0.2) is 57.8 Å². The second kappa shape index (κ2) is 11.1. The van der Waals surface area contributed by atoms with Crippen LogP contribution in [0, 0.1) is 5.82 Å². The van der Waals surface area contributed by atoms with Crippen LogP contribution in [0.15, 0.2) is 42.6 Å². The van der Waals surface area contributed by atoms with Gasteiger partial charge >= 0.3 is 6.09 Å². The number of pyridine rings is 2. The summed E-state index contributed by atoms with van der Waals surface area (Å²) in [4.78, 5) is 24.7. The summed E-state index contributed by atoms with van der Waals surface area (Å²) in [7, 11) is 0. The molecule has 1 aliphatic heterocycles. The lowest BCUT2D eigenvalue weighted by Gasteiger charge is -2.36. The van der Waals surface area contributed by atoms with Crippen molar-refractivity contribution in [3.63, 3.8) is 0 Å². The topological polar surface area (TPSA) is 88.0 Å². The van der Waals surface area contributed by atoms with E-state index in [1.54, 1.807) is 35.2 Å². The van der Waals surface area contributed by atoms with E-state index in [-0.39, 0.29) is 23.3 Å². The maximum Gasteiger partial charge on any atom is 0.410 e. The number of ether oxygens (including phenoxy) is 2. The largest absolute Gasteiger partial charge is 0.444 e. The van der Waals surface area contributed by atoms with Crippen molar-refractivity contribution in [2.24, 2.45) is 0 Å². The van der Waals surface area contributed by atoms with Gasteiger partial charge in [0.1, 0.15) is 17.2 Å². The van der Waals surface area contributed by atoms with Crippen molar-refractivity contribution >= 4 is 35.1 Å². The summed E-state index contributed by atoms with van der Waals surface area (Å²) in [5, 5.41) is 10.4. The third-order valence-corrected chi connectivity index (χ3v) is 5.96. The monoisotopic (exact) mass is 548 g/mol. The molecule has 196 valence electrons. The summed E-state index contributed by atoms with van der Waals surface area (Å²) in [6.07, 6.45) is 1.14. The van der Waals surface area contributed by atoms with Crippen LogP contribution in [0.1, 0.15) is 26.3 Å². The Balaban J connectivity index is 1.47. The molecule has 37 heavy (non-hydrogen) atoms. The van der Waals surface area contributed by atoms with E-state index in [4.69, 9.17) is 32.7 Å². The number of amides is 1. The Labute approximate surface area is 224 Å². The van der Waals surface area contributed by atoms with Crippen LogP contribution in [0.4, 0.5) is 15.0 Å². The molecule has 3 heterocycles. The van der Waals surface area contributed by atoms with Crippen molar-refractivity contribution in [2.45, 2.75) is 33.0 Å². The van der Waals surface area contributed by atoms with E-state index >= 15 is 0 Å². The number of carbonyl (C=O) groups excluding carboxylic acids is 1. The van der Waals surface area contributed by atoms with Crippen molar-refractivity contribution in [3.8, 4) is 22.9 Å². The molecule has 0 saturated carbocycles. The van der Waals surface area contributed by atoms with Gasteiger partial charge in [0.2, 0.25) is 0 Å². The average molecular weight is 549 g/mol. The molecular formula is C26H27Cl2FN4O4. The van der Waals surface area contributed by atoms with Crippen LogP contribution in [0.2, 0.25) is 10.0 Å². The van der Waals surface area contributed by atoms with E-state index in [0.29, 0.717) is 53.3 Å². The molecule has 0 radical (unpaired) electrons. The molecule has 2 aromatic heterocycles. The van der Waals surface area contributed by atoms with Gasteiger partial charge in [0, 0.05) is 47.4 Å². The highest BCUT2D eigenvalue weighted by Crippen LogP contribution is 2.32. The zero-order chi connectivity index (χ0) is 26.7. The number of halogens is 3. The number of aliphatic hydroxyl groups excluding tert-OH is 1. The zero-order valence-electron chi connectivity index (χ0n) is 20.7. The SMILES string of the molecule is CC(C)(C)OC(=O)N1CCN(c2ccc(Oc3nc(-c4cc(Cl)cc(Cl)c4)cc(CO)c3F)cn2)CC1. The number of carbonyl (C=O) groups is 1. The highest BCUT2D eigenvalue weighted by atomic mass is 35.5. The van der Waals surface area contributed by atoms with Gasteiger partial charge in [-0.3, -0.25) is 0 Å². The number of benzene rings is 1. The van der Waals surface area contributed by atoms with Crippen molar-refractivity contribution < 1.29 is 23.8 Å². The van der Waals surface area contributed by atoms with E-state index in [1.807, 2.05) is 25.7 Å². The quantitative estimate of drug-likeness (QED) is 0.422. The van der Waals surface area contributed by atoms with E-state index < -0.39 is 18.0 Å². The summed E-state index contributed by atoms with van der Waals surface area (Å²) in [6, 6.07) is 9.68. The van der Waals surface area contributed by atoms with Crippen molar-refractivity contribution in [1.82, 2.24) is 14.9 Å². The molecule has 0 bridgehead atoms. The van der Waals surface area contributed by atoms with Crippen LogP contribution in [-0.2, 0) is 11.3 Å². The van der Waals surface area contributed by atoms with Gasteiger partial charge in [-0.25, -0.2) is 19.2 Å². The van der Waals surface area contributed by atoms with Crippen LogP contribution in [0.3, 0.4) is 0 Å². The summed E-state index contributed by atoms with van der Waals surface area (Å²) >= 11 is 12.2. The lowest BCUT2D eigenvalue weighted by molar-refractivity contribution is 0.0240. The smallest absolute Gasteiger partial charge is 0.410 e. The molecule has 1 aliphatic rings. The number of hydrogen-bond donors (Lipinski definition) is 1. The third kappa shape index (κ3) is 6.80. The molecule has 3 aromatic rings. The standard InChI is InChI=1S/C26H27Cl2FN4O4/c1-26(2,3)37-25(35)33-8-6-32(7-9-33)22-5-4-20(14-30-22)36-24-23(29)17(15-34)12-21(31-24)16-10-18(27)13-19(28)11-16/h4-5,10-14,34H,6-9,15H2,1-3H3. The Morgan fingerprint density at radius 2 is 1.76 bits per heavy atom. The van der Waals surface area contributed by atoms with Crippen molar-refractivity contribution in [1.29, 1.82) is 0 Å². The predicted octanol–water partition coefficient (Wildman–Crippen LogP) is 5.93. The second-order valence-corrected chi connectivity index (χ2v) is 10.4. The minimum absolute atomic E-state index is 0.0172. The molecule has 0 aliphatic carbocycles. The van der Waals surface area contributed by atoms with Gasteiger partial charge in [0.25, 0.3) is 5.88 Å². The summed E-state index contributed by atoms with van der Waals surface area (Å²) in [5.74, 6) is -0.115. The maximum absolute atomic E-state index is 14.9. The molecule has 1 amide bonds. The first kappa shape index (κ1) is 26.9. The van der Waals surface area contributed by atoms with Crippen LogP contribution in [0.25, 0.3) is 11.3 Å². The van der Waals surface area contributed by atoms with Crippen molar-refractivity contribution in [2.75, 3.05) is 31.1 Å². The Kier molecular flexibility index (Phi) is 8.06. The van der Waals surface area contributed by atoms with Crippen LogP contribution < -0.4 is 9.64 Å². The lowest BCUT2D eigenvalue weighted by atomic mass is 10.1. The van der Waals surface area contributed by atoms with Crippen LogP contribution >= 0.6 is 23.2 Å². The summed E-state index contributed by atoms with van der Waals surface area (Å²) in [5.41, 5.74) is 0.371. The molecule has 0 atom stereocenters. The Bertz CT molecular complexity index is 1260. The molecule has 0 unspecified atom stereocenters. The van der Waals surface area contributed by atoms with Gasteiger partial charge in [-0.2, -0.15) is 0 Å². The first-order valence-corrected chi connectivity index (χ1v) is 12.4. The highest BCUT2D eigenvalue weighted by molar-refractivity contribution is 6.35. The molecule has 1 fully saturated rings. The van der Waals surface area contributed by atoms with Gasteiger partial charge in [-0.15, -0.1) is 0 Å². The molecule has 8 nitrogen and oxygen atoms in total. The van der Waals surface area contributed by atoms with Crippen molar-refractivity contribution in [3.05, 3.63) is 64.0 Å². The zero-order valence-corrected chi connectivity index (χ0v) is 22.2. The van der Waals surface area contributed by atoms with E-state index in [0.717, 1.165) is 0 Å². The average Bonchev–Trinajstić information content (AvgIpc) is 2.84. The fraction of sp³-hybridized carbons (Fsp3) is 0.346. The Morgan fingerprint density at radius 1 is 1.08 bits per heavy atom. The fourth-order valence-corrected chi connectivity index (χ4v) is 4.29. The Hall–Kier alpha value is -3.14. The number of nitrogens with zero attached hydrogens (tertiary/aromatic N) is 4. The lowest BCUT2D eigenvalue weighted by Crippen LogP contribution is -2.50. The highest BCUT2D eigenvalue weighted by Gasteiger charge is 2.26. The predicted molar refractivity (Wildman–Crippen MR) is 140 cm³/mol. The van der Waals surface area contributed by atoms with Gasteiger partial charge in [0.15, 0.2) is 5.82 Å². The number of aromatic nitrogens is 2. The number of anilines is 1. The molecule has 4 rings (SSSR count). The molecule has 11 heteroatoms. The number of rotatable bonds is 5. The first-order valence-electron chi connectivity index (χ1n) is 11.7. The maximum atomic E-state index is 14.9. The summed E-state index contributed by atoms with van der Waals surface area (Å²) < 4.78 is 26.1. The second-order valence-electron chi connectivity index (χ2n) is 9.51. The molecule has 1 N–H and O–H groups in total. The van der Waals surface area contributed by atoms with Gasteiger partial charge in [-0.1, -0.05) is 23.2 Å². The summed E-state index contributed by atoms with van der Waals surface area (Å²) in [6.45, 7) is 7.16. The third-order valence-electron chi connectivity index (χ3n) is 5.52. The normalized spacial score (nSPS) is 14.0. The van der Waals surface area contributed by atoms with Gasteiger partial charge in [0.05, 0.1) is 18.5 Å². The fourth-order valence-electron chi connectivity index (χ4n) is 3.76. The van der Waals surface area contributed by atoms with Crippen LogP contribution in [0.5, 0.6) is 11.6 Å². The molecule has 1 saturated heterocycles. The molecular weight excluding hydrogens is 522 g/mol. The Morgan fingerprint density at radius 3 is 2.32 bits per heavy atom. The molecule has 1 aromatic carbocycles. The molecule has 0 spiro atoms. The number of aliphatic hydroxyl groups is 1. The van der Waals surface area contributed by atoms with E-state index in [1.165, 1.54) is 12.3 Å². The number of piperazine rings is 1. The minimum Gasteiger partial charge on any atom is -0.444 e. The van der Waals surface area contributed by atoms with Gasteiger partial charge < -0.3 is 24.4 Å². The van der Waals surface area contributed by atoms with Gasteiger partial charge in [-0.05, 0) is 57.2 Å². The minimum atomic E-state index is -0.776. The first-order chi connectivity index (χ1) is 17.5. The number of hydrogen-bond acceptors (Lipinski definition) is 7. The van der Waals surface area contributed by atoms with E-state index in [2.05, 4.69) is 9.97 Å². The van der Waals surface area contributed by atoms with E-state index in [9.17, 15) is 14.3 Å².